The van der Waals surface area contributed by atoms with Gasteiger partial charge in [-0.15, -0.1) is 0 Å². The van der Waals surface area contributed by atoms with Crippen molar-refractivity contribution in [3.63, 3.8) is 0 Å². The number of nitrogens with one attached hydrogen (secondary N) is 1. The molecule has 0 saturated carbocycles. The molecule has 0 radical (unpaired) electrons. The van der Waals surface area contributed by atoms with Crippen LogP contribution in [0.15, 0.2) is 72.8 Å². The fourth-order valence-electron chi connectivity index (χ4n) is 3.74. The van der Waals surface area contributed by atoms with Crippen LogP contribution in [0.1, 0.15) is 15.9 Å². The summed E-state index contributed by atoms with van der Waals surface area (Å²) < 4.78 is 7.24. The number of amides is 1. The Balaban J connectivity index is 1.83. The van der Waals surface area contributed by atoms with Gasteiger partial charge in [0.25, 0.3) is 5.91 Å². The number of anilines is 1. The second-order valence-corrected chi connectivity index (χ2v) is 7.57. The third-order valence-corrected chi connectivity index (χ3v) is 5.58. The van der Waals surface area contributed by atoms with Gasteiger partial charge in [0.2, 0.25) is 0 Å². The highest BCUT2D eigenvalue weighted by Gasteiger charge is 2.25. The van der Waals surface area contributed by atoms with Crippen LogP contribution in [0.2, 0.25) is 5.02 Å². The summed E-state index contributed by atoms with van der Waals surface area (Å²) in [7, 11) is 1.55. The lowest BCUT2D eigenvalue weighted by molar-refractivity contribution is 0.102. The zero-order valence-corrected chi connectivity index (χ0v) is 18.2. The molecule has 2 aromatic heterocycles. The summed E-state index contributed by atoms with van der Waals surface area (Å²) in [6.45, 7) is 0. The lowest BCUT2D eigenvalue weighted by Crippen LogP contribution is -2.16. The highest BCUT2D eigenvalue weighted by atomic mass is 35.5. The van der Waals surface area contributed by atoms with Gasteiger partial charge in [0, 0.05) is 0 Å². The first-order chi connectivity index (χ1) is 16.1. The van der Waals surface area contributed by atoms with Crippen LogP contribution in [-0.2, 0) is 0 Å². The number of carbonyl (C=O) groups is 1. The van der Waals surface area contributed by atoms with Crippen LogP contribution in [0.25, 0.3) is 27.9 Å². The smallest absolute Gasteiger partial charge is 0.258 e. The predicted molar refractivity (Wildman–Crippen MR) is 127 cm³/mol. The second-order valence-electron chi connectivity index (χ2n) is 7.16. The number of hydrogen-bond donors (Lipinski definition) is 1. The van der Waals surface area contributed by atoms with E-state index >= 15 is 0 Å². The third-order valence-electron chi connectivity index (χ3n) is 5.25. The molecule has 1 N–H and O–H groups in total. The first-order valence-corrected chi connectivity index (χ1v) is 10.4. The van der Waals surface area contributed by atoms with E-state index in [0.29, 0.717) is 38.7 Å². The maximum absolute atomic E-state index is 13.2. The molecular weight excluding hydrogens is 438 g/mol. The number of methoxy groups -OCH3 is 1. The molecule has 0 aliphatic heterocycles. The maximum atomic E-state index is 13.2. The van der Waals surface area contributed by atoms with Crippen molar-refractivity contribution in [2.45, 2.75) is 0 Å². The molecule has 33 heavy (non-hydrogen) atoms. The number of nitriles is 1. The zero-order valence-electron chi connectivity index (χ0n) is 17.4. The van der Waals surface area contributed by atoms with Crippen LogP contribution in [0.3, 0.4) is 0 Å². The molecular formula is C25H16ClN5O2. The number of nitrogens with zero attached hydrogens (tertiary/aromatic N) is 4. The Kier molecular flexibility index (Phi) is 5.13. The van der Waals surface area contributed by atoms with Gasteiger partial charge < -0.3 is 10.1 Å². The number of hydrogen-bond acceptors (Lipinski definition) is 5. The van der Waals surface area contributed by atoms with E-state index in [1.54, 1.807) is 42.0 Å². The minimum Gasteiger partial charge on any atom is -0.495 e. The Labute approximate surface area is 193 Å². The molecule has 0 aliphatic carbocycles. The highest BCUT2D eigenvalue weighted by Crippen LogP contribution is 2.36. The molecule has 5 aromatic rings. The van der Waals surface area contributed by atoms with Gasteiger partial charge in [-0.05, 0) is 36.4 Å². The number of rotatable bonds is 4. The number of fused-ring (bicyclic) bond motifs is 2. The summed E-state index contributed by atoms with van der Waals surface area (Å²) in [4.78, 5) is 22.6. The number of aromatic nitrogens is 3. The van der Waals surface area contributed by atoms with E-state index in [-0.39, 0.29) is 16.9 Å². The topological polar surface area (TPSA) is 92.8 Å². The van der Waals surface area contributed by atoms with Gasteiger partial charge in [0.05, 0.1) is 34.4 Å². The first-order valence-electron chi connectivity index (χ1n) is 10.0. The number of para-hydroxylation sites is 4. The van der Waals surface area contributed by atoms with E-state index in [4.69, 9.17) is 21.3 Å². The first kappa shape index (κ1) is 20.5. The van der Waals surface area contributed by atoms with Crippen LogP contribution in [0, 0.1) is 11.3 Å². The number of carbonyl (C=O) groups excluding carboxylic acids is 1. The Hall–Kier alpha value is -4.41. The Morgan fingerprint density at radius 1 is 1.00 bits per heavy atom. The summed E-state index contributed by atoms with van der Waals surface area (Å²) in [5.74, 6) is 0.319. The van der Waals surface area contributed by atoms with E-state index in [1.807, 2.05) is 42.5 Å². The minimum atomic E-state index is -0.458. The lowest BCUT2D eigenvalue weighted by Gasteiger charge is -2.15. The standard InChI is InChI=1S/C25H16ClN5O2/c1-33-21-13-7-6-12-20(21)31-23(30-25(32)15-8-2-3-9-17(15)26)16(14-27)22-24(31)29-19-11-5-4-10-18(19)28-22/h2-13H,1H3,(H,30,32). The van der Waals surface area contributed by atoms with Crippen molar-refractivity contribution in [1.29, 1.82) is 5.26 Å². The van der Waals surface area contributed by atoms with Crippen molar-refractivity contribution in [3.8, 4) is 17.5 Å². The van der Waals surface area contributed by atoms with Crippen molar-refractivity contribution >= 4 is 45.5 Å². The van der Waals surface area contributed by atoms with Crippen molar-refractivity contribution < 1.29 is 9.53 Å². The molecule has 0 saturated heterocycles. The Bertz CT molecular complexity index is 1590. The van der Waals surface area contributed by atoms with Crippen molar-refractivity contribution in [1.82, 2.24) is 14.5 Å². The van der Waals surface area contributed by atoms with Crippen molar-refractivity contribution in [2.24, 2.45) is 0 Å². The van der Waals surface area contributed by atoms with Gasteiger partial charge >= 0.3 is 0 Å². The molecule has 3 aromatic carbocycles. The van der Waals surface area contributed by atoms with E-state index in [1.165, 1.54) is 0 Å². The van der Waals surface area contributed by atoms with Crippen LogP contribution in [0.4, 0.5) is 5.82 Å². The molecule has 7 nitrogen and oxygen atoms in total. The van der Waals surface area contributed by atoms with E-state index in [2.05, 4.69) is 16.4 Å². The average Bonchev–Trinajstić information content (AvgIpc) is 3.14. The van der Waals surface area contributed by atoms with Crippen molar-refractivity contribution in [3.05, 3.63) is 88.9 Å². The van der Waals surface area contributed by atoms with Gasteiger partial charge in [-0.2, -0.15) is 5.26 Å². The fraction of sp³-hybridized carbons (Fsp3) is 0.0400. The predicted octanol–water partition coefficient (Wildman–Crippen LogP) is 5.36. The molecule has 2 heterocycles. The van der Waals surface area contributed by atoms with E-state index < -0.39 is 5.91 Å². The van der Waals surface area contributed by atoms with Gasteiger partial charge in [-0.25, -0.2) is 9.97 Å². The summed E-state index contributed by atoms with van der Waals surface area (Å²) in [6, 6.07) is 23.6. The molecule has 0 aliphatic rings. The van der Waals surface area contributed by atoms with Crippen molar-refractivity contribution in [2.75, 3.05) is 12.4 Å². The quantitative estimate of drug-likeness (QED) is 0.395. The number of benzene rings is 3. The molecule has 0 bridgehead atoms. The summed E-state index contributed by atoms with van der Waals surface area (Å²) in [5.41, 5.74) is 3.17. The summed E-state index contributed by atoms with van der Waals surface area (Å²) in [6.07, 6.45) is 0. The third kappa shape index (κ3) is 3.43. The van der Waals surface area contributed by atoms with Gasteiger partial charge in [0.1, 0.15) is 28.7 Å². The molecule has 0 atom stereocenters. The van der Waals surface area contributed by atoms with Crippen LogP contribution < -0.4 is 10.1 Å². The maximum Gasteiger partial charge on any atom is 0.258 e. The van der Waals surface area contributed by atoms with Gasteiger partial charge in [-0.1, -0.05) is 48.0 Å². The number of ether oxygens (including phenoxy) is 1. The normalized spacial score (nSPS) is 10.8. The SMILES string of the molecule is COc1ccccc1-n1c(NC(=O)c2ccccc2Cl)c(C#N)c2nc3ccccc3nc21. The highest BCUT2D eigenvalue weighted by molar-refractivity contribution is 6.34. The van der Waals surface area contributed by atoms with Crippen LogP contribution >= 0.6 is 11.6 Å². The zero-order chi connectivity index (χ0) is 22.9. The number of halogens is 1. The average molecular weight is 454 g/mol. The Morgan fingerprint density at radius 3 is 2.39 bits per heavy atom. The van der Waals surface area contributed by atoms with Crippen LogP contribution in [-0.4, -0.2) is 27.6 Å². The van der Waals surface area contributed by atoms with Gasteiger partial charge in [-0.3, -0.25) is 9.36 Å². The molecule has 0 fully saturated rings. The molecule has 8 heteroatoms. The molecule has 0 spiro atoms. The van der Waals surface area contributed by atoms with E-state index in [0.717, 1.165) is 0 Å². The molecule has 160 valence electrons. The summed E-state index contributed by atoms with van der Waals surface area (Å²) >= 11 is 6.24. The molecule has 0 unspecified atom stereocenters. The Morgan fingerprint density at radius 2 is 1.67 bits per heavy atom. The van der Waals surface area contributed by atoms with E-state index in [9.17, 15) is 10.1 Å². The lowest BCUT2D eigenvalue weighted by atomic mass is 10.2. The molecule has 1 amide bonds. The van der Waals surface area contributed by atoms with Crippen LogP contribution in [0.5, 0.6) is 5.75 Å². The monoisotopic (exact) mass is 453 g/mol. The minimum absolute atomic E-state index is 0.189. The van der Waals surface area contributed by atoms with Gasteiger partial charge in [0.15, 0.2) is 5.65 Å². The molecule has 5 rings (SSSR count). The second kappa shape index (κ2) is 8.26. The summed E-state index contributed by atoms with van der Waals surface area (Å²) in [5, 5.41) is 13.2. The fourth-order valence-corrected chi connectivity index (χ4v) is 3.96. The largest absolute Gasteiger partial charge is 0.495 e.